The molecule has 0 N–H and O–H groups in total. The van der Waals surface area contributed by atoms with Crippen LogP contribution in [0.5, 0.6) is 0 Å². The zero-order valence-electron chi connectivity index (χ0n) is 7.26. The quantitative estimate of drug-likeness (QED) is 0.565. The van der Waals surface area contributed by atoms with Gasteiger partial charge in [-0.2, -0.15) is 0 Å². The Hall–Kier alpha value is -1.16. The van der Waals surface area contributed by atoms with E-state index in [1.807, 2.05) is 0 Å². The zero-order chi connectivity index (χ0) is 10.7. The van der Waals surface area contributed by atoms with Crippen LogP contribution in [0, 0.1) is 11.6 Å². The molecule has 14 heavy (non-hydrogen) atoms. The number of carbonyl (C=O) groups excluding carboxylic acids is 1. The normalized spacial score (nSPS) is 12.3. The lowest BCUT2D eigenvalue weighted by atomic mass is 10.1. The van der Waals surface area contributed by atoms with Gasteiger partial charge in [-0.05, 0) is 6.07 Å². The molecule has 1 aromatic rings. The minimum atomic E-state index is -1.32. The SMILES string of the molecule is COC(=O)C(Cl)c1cccc(F)c1F. The number of alkyl halides is 1. The fourth-order valence-electron chi connectivity index (χ4n) is 0.947. The third kappa shape index (κ3) is 2.01. The van der Waals surface area contributed by atoms with Gasteiger partial charge >= 0.3 is 5.97 Å². The molecule has 0 amide bonds. The highest BCUT2D eigenvalue weighted by Gasteiger charge is 2.23. The molecule has 2 nitrogen and oxygen atoms in total. The molecule has 0 heterocycles. The highest BCUT2D eigenvalue weighted by Crippen LogP contribution is 2.25. The van der Waals surface area contributed by atoms with Crippen LogP contribution in [-0.2, 0) is 9.53 Å². The van der Waals surface area contributed by atoms with E-state index in [4.69, 9.17) is 11.6 Å². The molecule has 0 radical (unpaired) electrons. The first-order valence-electron chi connectivity index (χ1n) is 3.73. The fourth-order valence-corrected chi connectivity index (χ4v) is 1.20. The van der Waals surface area contributed by atoms with Crippen molar-refractivity contribution in [2.45, 2.75) is 5.38 Å². The van der Waals surface area contributed by atoms with Gasteiger partial charge in [-0.15, -0.1) is 11.6 Å². The van der Waals surface area contributed by atoms with Crippen molar-refractivity contribution in [3.63, 3.8) is 0 Å². The van der Waals surface area contributed by atoms with Crippen LogP contribution in [0.15, 0.2) is 18.2 Å². The first-order chi connectivity index (χ1) is 6.57. The molecule has 1 aromatic carbocycles. The largest absolute Gasteiger partial charge is 0.468 e. The van der Waals surface area contributed by atoms with Gasteiger partial charge in [-0.3, -0.25) is 4.79 Å². The van der Waals surface area contributed by atoms with Gasteiger partial charge in [0.25, 0.3) is 0 Å². The lowest BCUT2D eigenvalue weighted by Crippen LogP contribution is -2.10. The van der Waals surface area contributed by atoms with E-state index in [-0.39, 0.29) is 5.56 Å². The molecule has 0 aliphatic heterocycles. The Bertz CT molecular complexity index is 355. The molecule has 0 spiro atoms. The minimum Gasteiger partial charge on any atom is -0.468 e. The van der Waals surface area contributed by atoms with Crippen LogP contribution in [0.2, 0.25) is 0 Å². The maximum absolute atomic E-state index is 13.1. The number of rotatable bonds is 2. The van der Waals surface area contributed by atoms with Crippen molar-refractivity contribution in [2.24, 2.45) is 0 Å². The Morgan fingerprint density at radius 2 is 2.14 bits per heavy atom. The Kier molecular flexibility index (Phi) is 3.41. The summed E-state index contributed by atoms with van der Waals surface area (Å²) in [6, 6.07) is 3.44. The summed E-state index contributed by atoms with van der Waals surface area (Å²) in [4.78, 5) is 10.9. The predicted octanol–water partition coefficient (Wildman–Crippen LogP) is 2.42. The summed E-state index contributed by atoms with van der Waals surface area (Å²) in [7, 11) is 1.12. The third-order valence-corrected chi connectivity index (χ3v) is 2.08. The summed E-state index contributed by atoms with van der Waals surface area (Å²) in [6.45, 7) is 0. The molecule has 0 fully saturated rings. The van der Waals surface area contributed by atoms with Crippen molar-refractivity contribution in [2.75, 3.05) is 7.11 Å². The van der Waals surface area contributed by atoms with E-state index in [1.54, 1.807) is 0 Å². The van der Waals surface area contributed by atoms with Gasteiger partial charge in [0.05, 0.1) is 7.11 Å². The maximum Gasteiger partial charge on any atom is 0.328 e. The summed E-state index contributed by atoms with van der Waals surface area (Å²) in [6.07, 6.45) is 0. The molecule has 5 heteroatoms. The van der Waals surface area contributed by atoms with Crippen LogP contribution in [0.4, 0.5) is 8.78 Å². The molecular weight excluding hydrogens is 214 g/mol. The molecule has 76 valence electrons. The first kappa shape index (κ1) is 10.9. The van der Waals surface area contributed by atoms with Crippen LogP contribution in [0.1, 0.15) is 10.9 Å². The molecule has 1 atom stereocenters. The highest BCUT2D eigenvalue weighted by atomic mass is 35.5. The Balaban J connectivity index is 3.07. The van der Waals surface area contributed by atoms with E-state index in [2.05, 4.69) is 4.74 Å². The lowest BCUT2D eigenvalue weighted by Gasteiger charge is -2.08. The van der Waals surface area contributed by atoms with Crippen molar-refractivity contribution < 1.29 is 18.3 Å². The second-order valence-electron chi connectivity index (χ2n) is 2.53. The van der Waals surface area contributed by atoms with Crippen molar-refractivity contribution in [1.82, 2.24) is 0 Å². The summed E-state index contributed by atoms with van der Waals surface area (Å²) in [5.41, 5.74) is -0.224. The molecule has 0 bridgehead atoms. The number of halogens is 3. The smallest absolute Gasteiger partial charge is 0.328 e. The lowest BCUT2D eigenvalue weighted by molar-refractivity contribution is -0.140. The number of benzene rings is 1. The van der Waals surface area contributed by atoms with E-state index in [0.29, 0.717) is 0 Å². The Morgan fingerprint density at radius 1 is 1.50 bits per heavy atom. The van der Waals surface area contributed by atoms with Gasteiger partial charge < -0.3 is 4.74 Å². The topological polar surface area (TPSA) is 26.3 Å². The number of hydrogen-bond donors (Lipinski definition) is 0. The molecule has 1 rings (SSSR count). The molecule has 1 unspecified atom stereocenters. The third-order valence-electron chi connectivity index (χ3n) is 1.66. The Labute approximate surface area is 84.4 Å². The number of carbonyl (C=O) groups is 1. The number of ether oxygens (including phenoxy) is 1. The molecule has 0 saturated heterocycles. The van der Waals surface area contributed by atoms with E-state index in [0.717, 1.165) is 13.2 Å². The first-order valence-corrected chi connectivity index (χ1v) is 4.17. The van der Waals surface area contributed by atoms with Crippen LogP contribution >= 0.6 is 11.6 Å². The van der Waals surface area contributed by atoms with E-state index in [9.17, 15) is 13.6 Å². The summed E-state index contributed by atoms with van der Waals surface area (Å²) in [5.74, 6) is -2.99. The average Bonchev–Trinajstić information content (AvgIpc) is 2.20. The van der Waals surface area contributed by atoms with Gasteiger partial charge in [0.15, 0.2) is 17.0 Å². The van der Waals surface area contributed by atoms with Crippen LogP contribution < -0.4 is 0 Å². The molecular formula is C9H7ClF2O2. The average molecular weight is 221 g/mol. The molecule has 0 aliphatic carbocycles. The summed E-state index contributed by atoms with van der Waals surface area (Å²) >= 11 is 5.55. The molecule has 0 saturated carbocycles. The standard InChI is InChI=1S/C9H7ClF2O2/c1-14-9(13)7(10)5-3-2-4-6(11)8(5)12/h2-4,7H,1H3. The summed E-state index contributed by atoms with van der Waals surface area (Å²) in [5, 5.41) is -1.32. The second kappa shape index (κ2) is 4.37. The van der Waals surface area contributed by atoms with Gasteiger partial charge in [0.2, 0.25) is 0 Å². The van der Waals surface area contributed by atoms with Crippen LogP contribution in [0.25, 0.3) is 0 Å². The van der Waals surface area contributed by atoms with Crippen molar-refractivity contribution in [1.29, 1.82) is 0 Å². The maximum atomic E-state index is 13.1. The van der Waals surface area contributed by atoms with Crippen molar-refractivity contribution in [3.8, 4) is 0 Å². The zero-order valence-corrected chi connectivity index (χ0v) is 8.02. The van der Waals surface area contributed by atoms with Crippen LogP contribution in [-0.4, -0.2) is 13.1 Å². The number of hydrogen-bond acceptors (Lipinski definition) is 2. The van der Waals surface area contributed by atoms with Gasteiger partial charge in [0.1, 0.15) is 0 Å². The second-order valence-corrected chi connectivity index (χ2v) is 2.97. The number of methoxy groups -OCH3 is 1. The van der Waals surface area contributed by atoms with Gasteiger partial charge in [-0.1, -0.05) is 12.1 Å². The number of esters is 1. The van der Waals surface area contributed by atoms with Crippen molar-refractivity contribution >= 4 is 17.6 Å². The van der Waals surface area contributed by atoms with Gasteiger partial charge in [-0.25, -0.2) is 8.78 Å². The van der Waals surface area contributed by atoms with Crippen molar-refractivity contribution in [3.05, 3.63) is 35.4 Å². The monoisotopic (exact) mass is 220 g/mol. The van der Waals surface area contributed by atoms with Crippen LogP contribution in [0.3, 0.4) is 0 Å². The summed E-state index contributed by atoms with van der Waals surface area (Å²) < 4.78 is 30.1. The predicted molar refractivity (Wildman–Crippen MR) is 47.0 cm³/mol. The highest BCUT2D eigenvalue weighted by molar-refractivity contribution is 6.29. The fraction of sp³-hybridized carbons (Fsp3) is 0.222. The molecule has 0 aliphatic rings. The van der Waals surface area contributed by atoms with E-state index in [1.165, 1.54) is 12.1 Å². The Morgan fingerprint density at radius 3 is 2.71 bits per heavy atom. The van der Waals surface area contributed by atoms with Gasteiger partial charge in [0, 0.05) is 5.56 Å². The minimum absolute atomic E-state index is 0.224. The van der Waals surface area contributed by atoms with E-state index < -0.39 is 23.0 Å². The molecule has 0 aromatic heterocycles. The van der Waals surface area contributed by atoms with E-state index >= 15 is 0 Å².